The number of carbonyl (C=O) groups excluding carboxylic acids is 1. The van der Waals surface area contributed by atoms with Gasteiger partial charge in [-0.05, 0) is 30.3 Å². The number of aromatic nitrogens is 4. The van der Waals surface area contributed by atoms with Gasteiger partial charge in [-0.25, -0.2) is 0 Å². The van der Waals surface area contributed by atoms with Crippen LogP contribution in [0.4, 0.5) is 0 Å². The third kappa shape index (κ3) is 3.50. The Bertz CT molecular complexity index is 1130. The highest BCUT2D eigenvalue weighted by Crippen LogP contribution is 2.32. The molecule has 2 aromatic carbocycles. The average Bonchev–Trinajstić information content (AvgIpc) is 3.30. The second-order valence-corrected chi connectivity index (χ2v) is 7.82. The van der Waals surface area contributed by atoms with E-state index in [1.165, 1.54) is 11.8 Å². The van der Waals surface area contributed by atoms with Crippen molar-refractivity contribution in [2.75, 3.05) is 19.8 Å². The van der Waals surface area contributed by atoms with E-state index in [2.05, 4.69) is 15.2 Å². The Morgan fingerprint density at radius 1 is 1.14 bits per heavy atom. The highest BCUT2D eigenvalue weighted by Gasteiger charge is 2.20. The molecule has 0 atom stereocenters. The van der Waals surface area contributed by atoms with E-state index in [1.54, 1.807) is 19.0 Å². The van der Waals surface area contributed by atoms with Crippen molar-refractivity contribution in [3.05, 3.63) is 59.8 Å². The van der Waals surface area contributed by atoms with Crippen LogP contribution < -0.4 is 0 Å². The van der Waals surface area contributed by atoms with Crippen LogP contribution in [0.1, 0.15) is 0 Å². The number of halogens is 1. The van der Waals surface area contributed by atoms with Crippen LogP contribution in [0.15, 0.2) is 59.9 Å². The van der Waals surface area contributed by atoms with Crippen LogP contribution in [-0.4, -0.2) is 50.4 Å². The van der Waals surface area contributed by atoms with Crippen molar-refractivity contribution in [2.45, 2.75) is 5.16 Å². The van der Waals surface area contributed by atoms with Gasteiger partial charge in [-0.1, -0.05) is 41.6 Å². The molecule has 0 aliphatic carbocycles. The van der Waals surface area contributed by atoms with Gasteiger partial charge in [-0.2, -0.15) is 0 Å². The standard InChI is InChI=1S/C20H18ClN5OS/c1-25(2)18(27)12-28-20-24-23-19(26(20)14-9-7-13(21)8-10-14)16-11-22-17-6-4-3-5-15(16)17/h3-11,22H,12H2,1-2H3. The van der Waals surface area contributed by atoms with Crippen LogP contribution in [0.3, 0.4) is 0 Å². The summed E-state index contributed by atoms with van der Waals surface area (Å²) in [7, 11) is 3.48. The Hall–Kier alpha value is -2.77. The Kier molecular flexibility index (Phi) is 5.11. The van der Waals surface area contributed by atoms with Crippen molar-refractivity contribution in [1.29, 1.82) is 0 Å². The number of para-hydroxylation sites is 1. The molecule has 4 aromatic rings. The van der Waals surface area contributed by atoms with Gasteiger partial charge >= 0.3 is 0 Å². The van der Waals surface area contributed by atoms with Crippen LogP contribution in [-0.2, 0) is 4.79 Å². The highest BCUT2D eigenvalue weighted by atomic mass is 35.5. The molecule has 0 radical (unpaired) electrons. The van der Waals surface area contributed by atoms with E-state index >= 15 is 0 Å². The summed E-state index contributed by atoms with van der Waals surface area (Å²) in [5.74, 6) is 1.01. The maximum absolute atomic E-state index is 12.0. The second kappa shape index (κ2) is 7.69. The van der Waals surface area contributed by atoms with Gasteiger partial charge in [0.05, 0.1) is 5.75 Å². The molecule has 0 saturated heterocycles. The molecule has 28 heavy (non-hydrogen) atoms. The highest BCUT2D eigenvalue weighted by molar-refractivity contribution is 7.99. The van der Waals surface area contributed by atoms with Gasteiger partial charge < -0.3 is 9.88 Å². The molecule has 1 amide bonds. The van der Waals surface area contributed by atoms with E-state index in [1.807, 2.05) is 59.3 Å². The van der Waals surface area contributed by atoms with E-state index in [-0.39, 0.29) is 11.7 Å². The van der Waals surface area contributed by atoms with Crippen molar-refractivity contribution >= 4 is 40.2 Å². The van der Waals surface area contributed by atoms with Gasteiger partial charge in [-0.3, -0.25) is 9.36 Å². The predicted octanol–water partition coefficient (Wildman–Crippen LogP) is 4.25. The minimum absolute atomic E-state index is 0.0179. The van der Waals surface area contributed by atoms with Gasteiger partial charge in [0.2, 0.25) is 5.91 Å². The van der Waals surface area contributed by atoms with E-state index in [9.17, 15) is 4.79 Å². The SMILES string of the molecule is CN(C)C(=O)CSc1nnc(-c2c[nH]c3ccccc23)n1-c1ccc(Cl)cc1. The zero-order chi connectivity index (χ0) is 19.7. The largest absolute Gasteiger partial charge is 0.360 e. The molecular weight excluding hydrogens is 394 g/mol. The molecule has 0 bridgehead atoms. The first-order valence-corrected chi connectivity index (χ1v) is 10.0. The first kappa shape index (κ1) is 18.6. The van der Waals surface area contributed by atoms with Gasteiger partial charge in [0.1, 0.15) is 0 Å². The number of hydrogen-bond donors (Lipinski definition) is 1. The summed E-state index contributed by atoms with van der Waals surface area (Å²) in [5.41, 5.74) is 2.86. The van der Waals surface area contributed by atoms with Gasteiger partial charge in [-0.15, -0.1) is 10.2 Å². The Labute approximate surface area is 171 Å². The molecule has 0 unspecified atom stereocenters. The number of carbonyl (C=O) groups is 1. The molecule has 4 rings (SSSR count). The fourth-order valence-electron chi connectivity index (χ4n) is 2.87. The molecule has 0 spiro atoms. The molecule has 2 heterocycles. The third-order valence-electron chi connectivity index (χ3n) is 4.37. The zero-order valence-corrected chi connectivity index (χ0v) is 17.0. The molecule has 1 N–H and O–H groups in total. The van der Waals surface area contributed by atoms with Crippen LogP contribution in [0.5, 0.6) is 0 Å². The third-order valence-corrected chi connectivity index (χ3v) is 5.54. The van der Waals surface area contributed by atoms with E-state index in [4.69, 9.17) is 11.6 Å². The van der Waals surface area contributed by atoms with Gasteiger partial charge in [0.25, 0.3) is 0 Å². The molecule has 6 nitrogen and oxygen atoms in total. The minimum atomic E-state index is 0.0179. The number of fused-ring (bicyclic) bond motifs is 1. The maximum Gasteiger partial charge on any atom is 0.232 e. The Morgan fingerprint density at radius 2 is 1.89 bits per heavy atom. The summed E-state index contributed by atoms with van der Waals surface area (Å²) in [6.07, 6.45) is 1.93. The number of nitrogens with one attached hydrogen (secondary N) is 1. The van der Waals surface area contributed by atoms with Crippen molar-refractivity contribution in [3.8, 4) is 17.1 Å². The number of H-pyrrole nitrogens is 1. The lowest BCUT2D eigenvalue weighted by atomic mass is 10.1. The van der Waals surface area contributed by atoms with E-state index in [0.29, 0.717) is 16.0 Å². The fraction of sp³-hybridized carbons (Fsp3) is 0.150. The van der Waals surface area contributed by atoms with Crippen LogP contribution >= 0.6 is 23.4 Å². The topological polar surface area (TPSA) is 66.8 Å². The predicted molar refractivity (Wildman–Crippen MR) is 113 cm³/mol. The van der Waals surface area contributed by atoms with Crippen LogP contribution in [0.25, 0.3) is 28.0 Å². The zero-order valence-electron chi connectivity index (χ0n) is 15.4. The van der Waals surface area contributed by atoms with Crippen LogP contribution in [0.2, 0.25) is 5.02 Å². The quantitative estimate of drug-likeness (QED) is 0.498. The molecule has 0 aliphatic rings. The lowest BCUT2D eigenvalue weighted by Crippen LogP contribution is -2.23. The first-order chi connectivity index (χ1) is 13.5. The number of nitrogens with zero attached hydrogens (tertiary/aromatic N) is 4. The number of amides is 1. The second-order valence-electron chi connectivity index (χ2n) is 6.44. The summed E-state index contributed by atoms with van der Waals surface area (Å²) in [6.45, 7) is 0. The molecule has 2 aromatic heterocycles. The van der Waals surface area contributed by atoms with E-state index in [0.717, 1.165) is 22.2 Å². The summed E-state index contributed by atoms with van der Waals surface area (Å²) < 4.78 is 1.96. The number of thioether (sulfide) groups is 1. The molecular formula is C20H18ClN5OS. The van der Waals surface area contributed by atoms with Crippen molar-refractivity contribution in [1.82, 2.24) is 24.6 Å². The molecule has 142 valence electrons. The molecule has 0 fully saturated rings. The fourth-order valence-corrected chi connectivity index (χ4v) is 3.93. The number of rotatable bonds is 5. The number of hydrogen-bond acceptors (Lipinski definition) is 4. The number of benzene rings is 2. The van der Waals surface area contributed by atoms with Crippen molar-refractivity contribution in [2.24, 2.45) is 0 Å². The summed E-state index contributed by atoms with van der Waals surface area (Å²) >= 11 is 7.43. The normalized spacial score (nSPS) is 11.1. The number of aromatic amines is 1. The molecule has 8 heteroatoms. The molecule has 0 aliphatic heterocycles. The minimum Gasteiger partial charge on any atom is -0.360 e. The average molecular weight is 412 g/mol. The van der Waals surface area contributed by atoms with E-state index < -0.39 is 0 Å². The molecule has 0 saturated carbocycles. The lowest BCUT2D eigenvalue weighted by molar-refractivity contribution is -0.125. The monoisotopic (exact) mass is 411 g/mol. The van der Waals surface area contributed by atoms with Gasteiger partial charge in [0.15, 0.2) is 11.0 Å². The maximum atomic E-state index is 12.0. The first-order valence-electron chi connectivity index (χ1n) is 8.65. The smallest absolute Gasteiger partial charge is 0.232 e. The summed E-state index contributed by atoms with van der Waals surface area (Å²) in [5, 5.41) is 11.2. The van der Waals surface area contributed by atoms with Crippen molar-refractivity contribution < 1.29 is 4.79 Å². The summed E-state index contributed by atoms with van der Waals surface area (Å²) in [4.78, 5) is 16.9. The Balaban J connectivity index is 1.82. The van der Waals surface area contributed by atoms with Crippen LogP contribution in [0, 0.1) is 0 Å². The lowest BCUT2D eigenvalue weighted by Gasteiger charge is -2.12. The van der Waals surface area contributed by atoms with Gasteiger partial charge in [0, 0.05) is 47.5 Å². The van der Waals surface area contributed by atoms with Crippen molar-refractivity contribution in [3.63, 3.8) is 0 Å². The Morgan fingerprint density at radius 3 is 2.64 bits per heavy atom. The summed E-state index contributed by atoms with van der Waals surface area (Å²) in [6, 6.07) is 15.5.